The number of nitrogens with zero attached hydrogens (tertiary/aromatic N) is 4. The van der Waals surface area contributed by atoms with E-state index in [-0.39, 0.29) is 17.6 Å². The number of benzene rings is 1. The number of rotatable bonds is 5. The molecule has 0 atom stereocenters. The molecule has 1 aromatic carbocycles. The Hall–Kier alpha value is -2.33. The molecule has 2 aliphatic heterocycles. The molecule has 0 saturated carbocycles. The highest BCUT2D eigenvalue weighted by atomic mass is 32.2. The standard InChI is InChI=1S/C21H28FN5O3S/c1-2-31(29,30)26-12-9-15(10-13-26)21(28)23-16-7-8-18(22)17(14-16)20-25-24-19-6-4-3-5-11-27(19)20/h7-8,14-15H,2-6,9-13H2,1H3,(H,23,28). The van der Waals surface area contributed by atoms with E-state index in [2.05, 4.69) is 15.5 Å². The molecule has 0 spiro atoms. The van der Waals surface area contributed by atoms with Gasteiger partial charge in [0.15, 0.2) is 5.82 Å². The van der Waals surface area contributed by atoms with E-state index in [0.717, 1.165) is 38.1 Å². The van der Waals surface area contributed by atoms with Crippen LogP contribution in [0.5, 0.6) is 0 Å². The van der Waals surface area contributed by atoms with Crippen molar-refractivity contribution in [1.29, 1.82) is 0 Å². The molecule has 1 aromatic heterocycles. The number of anilines is 1. The zero-order valence-corrected chi connectivity index (χ0v) is 18.5. The summed E-state index contributed by atoms with van der Waals surface area (Å²) < 4.78 is 42.1. The molecular weight excluding hydrogens is 421 g/mol. The van der Waals surface area contributed by atoms with E-state index >= 15 is 0 Å². The number of piperidine rings is 1. The van der Waals surface area contributed by atoms with Crippen molar-refractivity contribution in [3.05, 3.63) is 29.8 Å². The molecule has 2 aromatic rings. The SMILES string of the molecule is CCS(=O)(=O)N1CCC(C(=O)Nc2ccc(F)c(-c3nnc4n3CCCCC4)c2)CC1. The number of amides is 1. The third kappa shape index (κ3) is 4.64. The zero-order chi connectivity index (χ0) is 22.0. The first-order chi connectivity index (χ1) is 14.9. The highest BCUT2D eigenvalue weighted by Crippen LogP contribution is 2.28. The van der Waals surface area contributed by atoms with Gasteiger partial charge in [-0.15, -0.1) is 10.2 Å². The summed E-state index contributed by atoms with van der Waals surface area (Å²) in [6, 6.07) is 4.47. The van der Waals surface area contributed by atoms with Gasteiger partial charge in [-0.1, -0.05) is 6.42 Å². The molecule has 3 heterocycles. The van der Waals surface area contributed by atoms with Crippen LogP contribution in [0.15, 0.2) is 18.2 Å². The second-order valence-electron chi connectivity index (χ2n) is 8.16. The predicted octanol–water partition coefficient (Wildman–Crippen LogP) is 2.81. The van der Waals surface area contributed by atoms with Crippen LogP contribution in [-0.4, -0.2) is 52.2 Å². The maximum atomic E-state index is 14.6. The molecule has 8 nitrogen and oxygen atoms in total. The summed E-state index contributed by atoms with van der Waals surface area (Å²) in [6.45, 7) is 3.06. The van der Waals surface area contributed by atoms with Gasteiger partial charge >= 0.3 is 0 Å². The lowest BCUT2D eigenvalue weighted by Gasteiger charge is -2.30. The van der Waals surface area contributed by atoms with E-state index in [1.807, 2.05) is 4.57 Å². The third-order valence-electron chi connectivity index (χ3n) is 6.17. The summed E-state index contributed by atoms with van der Waals surface area (Å²) in [4.78, 5) is 12.7. The van der Waals surface area contributed by atoms with Crippen molar-refractivity contribution in [2.45, 2.75) is 52.0 Å². The van der Waals surface area contributed by atoms with Crippen molar-refractivity contribution in [2.75, 3.05) is 24.2 Å². The van der Waals surface area contributed by atoms with Crippen molar-refractivity contribution >= 4 is 21.6 Å². The van der Waals surface area contributed by atoms with Crippen molar-refractivity contribution < 1.29 is 17.6 Å². The molecule has 1 N–H and O–H groups in total. The van der Waals surface area contributed by atoms with E-state index in [4.69, 9.17) is 0 Å². The second-order valence-corrected chi connectivity index (χ2v) is 10.4. The molecular formula is C21H28FN5O3S. The Morgan fingerprint density at radius 1 is 1.16 bits per heavy atom. The summed E-state index contributed by atoms with van der Waals surface area (Å²) >= 11 is 0. The van der Waals surface area contributed by atoms with Crippen molar-refractivity contribution in [2.24, 2.45) is 5.92 Å². The Balaban J connectivity index is 1.47. The number of sulfonamides is 1. The van der Waals surface area contributed by atoms with Gasteiger partial charge in [-0.3, -0.25) is 4.79 Å². The number of aromatic nitrogens is 3. The molecule has 168 valence electrons. The highest BCUT2D eigenvalue weighted by molar-refractivity contribution is 7.89. The van der Waals surface area contributed by atoms with Crippen LogP contribution in [0.25, 0.3) is 11.4 Å². The molecule has 1 saturated heterocycles. The minimum atomic E-state index is -3.23. The fourth-order valence-corrected chi connectivity index (χ4v) is 5.41. The van der Waals surface area contributed by atoms with E-state index in [9.17, 15) is 17.6 Å². The first-order valence-electron chi connectivity index (χ1n) is 10.9. The summed E-state index contributed by atoms with van der Waals surface area (Å²) in [5.41, 5.74) is 0.818. The average molecular weight is 450 g/mol. The van der Waals surface area contributed by atoms with Crippen LogP contribution in [0.1, 0.15) is 44.9 Å². The third-order valence-corrected chi connectivity index (χ3v) is 8.05. The van der Waals surface area contributed by atoms with E-state index in [1.165, 1.54) is 16.4 Å². The molecule has 0 aliphatic carbocycles. The van der Waals surface area contributed by atoms with Gasteiger partial charge in [-0.05, 0) is 50.8 Å². The van der Waals surface area contributed by atoms with Gasteiger partial charge in [-0.25, -0.2) is 17.1 Å². The monoisotopic (exact) mass is 449 g/mol. The fourth-order valence-electron chi connectivity index (χ4n) is 4.28. The maximum Gasteiger partial charge on any atom is 0.227 e. The lowest BCUT2D eigenvalue weighted by atomic mass is 9.97. The topological polar surface area (TPSA) is 97.2 Å². The van der Waals surface area contributed by atoms with Crippen LogP contribution >= 0.6 is 0 Å². The molecule has 4 rings (SSSR count). The van der Waals surface area contributed by atoms with Gasteiger partial charge < -0.3 is 9.88 Å². The number of hydrogen-bond donors (Lipinski definition) is 1. The Morgan fingerprint density at radius 3 is 2.68 bits per heavy atom. The number of aryl methyl sites for hydroxylation is 1. The van der Waals surface area contributed by atoms with Crippen LogP contribution in [0.2, 0.25) is 0 Å². The molecule has 0 bridgehead atoms. The molecule has 1 fully saturated rings. The molecule has 31 heavy (non-hydrogen) atoms. The van der Waals surface area contributed by atoms with Gasteiger partial charge in [0.1, 0.15) is 11.6 Å². The molecule has 2 aliphatic rings. The number of nitrogens with one attached hydrogen (secondary N) is 1. The van der Waals surface area contributed by atoms with E-state index in [1.54, 1.807) is 13.0 Å². The Bertz CT molecular complexity index is 1060. The van der Waals surface area contributed by atoms with Gasteiger partial charge in [-0.2, -0.15) is 0 Å². The molecule has 0 radical (unpaired) electrons. The number of halogens is 1. The van der Waals surface area contributed by atoms with Crippen LogP contribution < -0.4 is 5.32 Å². The second kappa shape index (κ2) is 9.04. The largest absolute Gasteiger partial charge is 0.326 e. The van der Waals surface area contributed by atoms with Crippen molar-refractivity contribution in [3.63, 3.8) is 0 Å². The minimum Gasteiger partial charge on any atom is -0.326 e. The number of fused-ring (bicyclic) bond motifs is 1. The predicted molar refractivity (Wildman–Crippen MR) is 115 cm³/mol. The van der Waals surface area contributed by atoms with E-state index < -0.39 is 15.8 Å². The average Bonchev–Trinajstić information content (AvgIpc) is 3.02. The van der Waals surface area contributed by atoms with Crippen LogP contribution in [0.3, 0.4) is 0 Å². The van der Waals surface area contributed by atoms with Crippen LogP contribution in [0, 0.1) is 11.7 Å². The van der Waals surface area contributed by atoms with Gasteiger partial charge in [0.05, 0.1) is 11.3 Å². The zero-order valence-electron chi connectivity index (χ0n) is 17.7. The van der Waals surface area contributed by atoms with Gasteiger partial charge in [0.25, 0.3) is 0 Å². The number of carbonyl (C=O) groups excluding carboxylic acids is 1. The van der Waals surface area contributed by atoms with Gasteiger partial charge in [0.2, 0.25) is 15.9 Å². The molecule has 10 heteroatoms. The first kappa shape index (κ1) is 21.9. The lowest BCUT2D eigenvalue weighted by Crippen LogP contribution is -2.42. The smallest absolute Gasteiger partial charge is 0.227 e. The summed E-state index contributed by atoms with van der Waals surface area (Å²) in [5.74, 6) is 0.566. The Kier molecular flexibility index (Phi) is 6.38. The van der Waals surface area contributed by atoms with Crippen molar-refractivity contribution in [1.82, 2.24) is 19.1 Å². The summed E-state index contributed by atoms with van der Waals surface area (Å²) in [7, 11) is -3.23. The normalized spacial score (nSPS) is 18.4. The van der Waals surface area contributed by atoms with Crippen LogP contribution in [0.4, 0.5) is 10.1 Å². The fraction of sp³-hybridized carbons (Fsp3) is 0.571. The quantitative estimate of drug-likeness (QED) is 0.757. The molecule has 1 amide bonds. The number of hydrogen-bond acceptors (Lipinski definition) is 5. The number of carbonyl (C=O) groups is 1. The van der Waals surface area contributed by atoms with E-state index in [0.29, 0.717) is 43.0 Å². The highest BCUT2D eigenvalue weighted by Gasteiger charge is 2.30. The van der Waals surface area contributed by atoms with Gasteiger partial charge in [0, 0.05) is 37.7 Å². The molecule has 0 unspecified atom stereocenters. The lowest BCUT2D eigenvalue weighted by molar-refractivity contribution is -0.120. The summed E-state index contributed by atoms with van der Waals surface area (Å²) in [6.07, 6.45) is 4.93. The summed E-state index contributed by atoms with van der Waals surface area (Å²) in [5, 5.41) is 11.3. The first-order valence-corrected chi connectivity index (χ1v) is 12.5. The van der Waals surface area contributed by atoms with Crippen molar-refractivity contribution in [3.8, 4) is 11.4 Å². The minimum absolute atomic E-state index is 0.0640. The van der Waals surface area contributed by atoms with Crippen LogP contribution in [-0.2, 0) is 27.8 Å². The Labute approximate surface area is 181 Å². The Morgan fingerprint density at radius 2 is 1.94 bits per heavy atom. The maximum absolute atomic E-state index is 14.6.